The lowest BCUT2D eigenvalue weighted by molar-refractivity contribution is -0.115. The van der Waals surface area contributed by atoms with Crippen LogP contribution in [0.15, 0.2) is 59.8 Å². The minimum Gasteiger partial charge on any atom is -0.326 e. The van der Waals surface area contributed by atoms with Gasteiger partial charge in [0.15, 0.2) is 5.16 Å². The molecule has 0 bridgehead atoms. The van der Waals surface area contributed by atoms with Gasteiger partial charge in [-0.3, -0.25) is 4.79 Å². The summed E-state index contributed by atoms with van der Waals surface area (Å²) in [6.45, 7) is 2.66. The SMILES string of the molecule is Cc1nnc(SCCC(=O)Nc2cccc(Cl)c2)n1Cc1ccccc1. The topological polar surface area (TPSA) is 59.8 Å². The highest BCUT2D eigenvalue weighted by Crippen LogP contribution is 2.20. The van der Waals surface area contributed by atoms with E-state index in [1.54, 1.807) is 12.1 Å². The molecule has 3 aromatic rings. The van der Waals surface area contributed by atoms with Crippen LogP contribution in [0.2, 0.25) is 5.02 Å². The van der Waals surface area contributed by atoms with Crippen molar-refractivity contribution in [1.82, 2.24) is 14.8 Å². The van der Waals surface area contributed by atoms with Crippen LogP contribution >= 0.6 is 23.4 Å². The van der Waals surface area contributed by atoms with Gasteiger partial charge in [-0.25, -0.2) is 0 Å². The van der Waals surface area contributed by atoms with Crippen molar-refractivity contribution in [2.45, 2.75) is 25.0 Å². The molecule has 0 saturated heterocycles. The molecule has 3 rings (SSSR count). The number of hydrogen-bond acceptors (Lipinski definition) is 4. The summed E-state index contributed by atoms with van der Waals surface area (Å²) in [5.74, 6) is 1.43. The maximum Gasteiger partial charge on any atom is 0.225 e. The molecule has 1 heterocycles. The van der Waals surface area contributed by atoms with Crippen LogP contribution in [-0.2, 0) is 11.3 Å². The quantitative estimate of drug-likeness (QED) is 0.611. The van der Waals surface area contributed by atoms with Crippen molar-refractivity contribution in [3.8, 4) is 0 Å². The molecule has 2 aromatic carbocycles. The van der Waals surface area contributed by atoms with Crippen LogP contribution < -0.4 is 5.32 Å². The summed E-state index contributed by atoms with van der Waals surface area (Å²) in [6.07, 6.45) is 0.383. The number of aryl methyl sites for hydroxylation is 1. The second kappa shape index (κ2) is 8.87. The number of hydrogen-bond donors (Lipinski definition) is 1. The third-order valence-corrected chi connectivity index (χ3v) is 4.96. The van der Waals surface area contributed by atoms with Gasteiger partial charge in [0.1, 0.15) is 5.82 Å². The molecule has 1 aromatic heterocycles. The second-order valence-electron chi connectivity index (χ2n) is 5.76. The van der Waals surface area contributed by atoms with Crippen LogP contribution in [0.25, 0.3) is 0 Å². The molecule has 134 valence electrons. The van der Waals surface area contributed by atoms with Crippen LogP contribution in [0.1, 0.15) is 17.8 Å². The molecule has 0 aliphatic heterocycles. The second-order valence-corrected chi connectivity index (χ2v) is 7.26. The standard InChI is InChI=1S/C19H19ClN4OS/c1-14-22-23-19(24(14)13-15-6-3-2-4-7-15)26-11-10-18(25)21-17-9-5-8-16(20)12-17/h2-9,12H,10-11,13H2,1H3,(H,21,25). The third kappa shape index (κ3) is 5.09. The van der Waals surface area contributed by atoms with Gasteiger partial charge in [0.25, 0.3) is 0 Å². The highest BCUT2D eigenvalue weighted by molar-refractivity contribution is 7.99. The first-order valence-corrected chi connectivity index (χ1v) is 9.60. The molecule has 0 saturated carbocycles. The van der Waals surface area contributed by atoms with Crippen LogP contribution in [-0.4, -0.2) is 26.4 Å². The lowest BCUT2D eigenvalue weighted by atomic mass is 10.2. The van der Waals surface area contributed by atoms with Crippen LogP contribution in [0.4, 0.5) is 5.69 Å². The summed E-state index contributed by atoms with van der Waals surface area (Å²) in [4.78, 5) is 12.1. The number of aromatic nitrogens is 3. The average Bonchev–Trinajstić information content (AvgIpc) is 2.96. The fourth-order valence-corrected chi connectivity index (χ4v) is 3.55. The van der Waals surface area contributed by atoms with Crippen LogP contribution in [0.3, 0.4) is 0 Å². The minimum atomic E-state index is -0.0504. The van der Waals surface area contributed by atoms with E-state index in [0.717, 1.165) is 17.5 Å². The Morgan fingerprint density at radius 1 is 1.15 bits per heavy atom. The lowest BCUT2D eigenvalue weighted by Crippen LogP contribution is -2.12. The zero-order chi connectivity index (χ0) is 18.4. The third-order valence-electron chi connectivity index (χ3n) is 3.75. The zero-order valence-corrected chi connectivity index (χ0v) is 15.9. The van der Waals surface area contributed by atoms with E-state index in [1.165, 1.54) is 17.3 Å². The molecule has 0 radical (unpaired) electrons. The lowest BCUT2D eigenvalue weighted by Gasteiger charge is -2.09. The molecule has 0 unspecified atom stereocenters. The van der Waals surface area contributed by atoms with E-state index in [4.69, 9.17) is 11.6 Å². The number of carbonyl (C=O) groups excluding carboxylic acids is 1. The number of thioether (sulfide) groups is 1. The van der Waals surface area contributed by atoms with Crippen LogP contribution in [0.5, 0.6) is 0 Å². The Morgan fingerprint density at radius 3 is 2.73 bits per heavy atom. The Kier molecular flexibility index (Phi) is 6.30. The number of nitrogens with one attached hydrogen (secondary N) is 1. The van der Waals surface area contributed by atoms with E-state index < -0.39 is 0 Å². The van der Waals surface area contributed by atoms with Gasteiger partial charge in [-0.05, 0) is 30.7 Å². The summed E-state index contributed by atoms with van der Waals surface area (Å²) in [7, 11) is 0. The number of anilines is 1. The zero-order valence-electron chi connectivity index (χ0n) is 14.4. The smallest absolute Gasteiger partial charge is 0.225 e. The van der Waals surface area contributed by atoms with Gasteiger partial charge >= 0.3 is 0 Å². The first-order valence-electron chi connectivity index (χ1n) is 8.24. The largest absolute Gasteiger partial charge is 0.326 e. The Balaban J connectivity index is 1.54. The van der Waals surface area contributed by atoms with E-state index in [0.29, 0.717) is 22.9 Å². The van der Waals surface area contributed by atoms with Crippen LogP contribution in [0, 0.1) is 6.92 Å². The number of rotatable bonds is 7. The Bertz CT molecular complexity index is 882. The van der Waals surface area contributed by atoms with Gasteiger partial charge in [-0.2, -0.15) is 0 Å². The fourth-order valence-electron chi connectivity index (χ4n) is 2.44. The molecule has 0 spiro atoms. The number of amides is 1. The molecular weight excluding hydrogens is 368 g/mol. The number of benzene rings is 2. The first-order chi connectivity index (χ1) is 12.6. The molecular formula is C19H19ClN4OS. The summed E-state index contributed by atoms with van der Waals surface area (Å²) in [5, 5.41) is 12.7. The molecule has 0 aliphatic carbocycles. The minimum absolute atomic E-state index is 0.0504. The predicted octanol–water partition coefficient (Wildman–Crippen LogP) is 4.41. The molecule has 26 heavy (non-hydrogen) atoms. The molecule has 5 nitrogen and oxygen atoms in total. The molecule has 7 heteroatoms. The van der Waals surface area contributed by atoms with Gasteiger partial charge in [0.05, 0.1) is 6.54 Å². The van der Waals surface area contributed by atoms with Crippen molar-refractivity contribution in [1.29, 1.82) is 0 Å². The Hall–Kier alpha value is -2.31. The molecule has 1 N–H and O–H groups in total. The fraction of sp³-hybridized carbons (Fsp3) is 0.211. The summed E-state index contributed by atoms with van der Waals surface area (Å²) >= 11 is 7.46. The molecule has 0 aliphatic rings. The van der Waals surface area contributed by atoms with Crippen molar-refractivity contribution in [3.63, 3.8) is 0 Å². The average molecular weight is 387 g/mol. The van der Waals surface area contributed by atoms with Gasteiger partial charge in [-0.1, -0.05) is 59.8 Å². The van der Waals surface area contributed by atoms with Crippen molar-refractivity contribution in [3.05, 3.63) is 71.0 Å². The number of halogens is 1. The molecule has 1 amide bonds. The number of nitrogens with zero attached hydrogens (tertiary/aromatic N) is 3. The first kappa shape index (κ1) is 18.5. The summed E-state index contributed by atoms with van der Waals surface area (Å²) in [6, 6.07) is 17.3. The summed E-state index contributed by atoms with van der Waals surface area (Å²) < 4.78 is 2.06. The van der Waals surface area contributed by atoms with Gasteiger partial charge < -0.3 is 9.88 Å². The number of carbonyl (C=O) groups is 1. The van der Waals surface area contributed by atoms with Crippen molar-refractivity contribution in [2.75, 3.05) is 11.1 Å². The van der Waals surface area contributed by atoms with E-state index in [1.807, 2.05) is 37.3 Å². The van der Waals surface area contributed by atoms with Gasteiger partial charge in [0.2, 0.25) is 5.91 Å². The predicted molar refractivity (Wildman–Crippen MR) is 106 cm³/mol. The van der Waals surface area contributed by atoms with E-state index in [2.05, 4.69) is 32.2 Å². The summed E-state index contributed by atoms with van der Waals surface area (Å²) in [5.41, 5.74) is 1.89. The molecule has 0 atom stereocenters. The monoisotopic (exact) mass is 386 g/mol. The normalized spacial score (nSPS) is 10.7. The highest BCUT2D eigenvalue weighted by Gasteiger charge is 2.11. The van der Waals surface area contributed by atoms with Crippen molar-refractivity contribution < 1.29 is 4.79 Å². The van der Waals surface area contributed by atoms with Crippen molar-refractivity contribution >= 4 is 35.0 Å². The van der Waals surface area contributed by atoms with E-state index >= 15 is 0 Å². The molecule has 0 fully saturated rings. The van der Waals surface area contributed by atoms with Gasteiger partial charge in [0, 0.05) is 22.9 Å². The Labute approximate surface area is 161 Å². The van der Waals surface area contributed by atoms with Crippen molar-refractivity contribution in [2.24, 2.45) is 0 Å². The van der Waals surface area contributed by atoms with E-state index in [9.17, 15) is 4.79 Å². The van der Waals surface area contributed by atoms with E-state index in [-0.39, 0.29) is 5.91 Å². The highest BCUT2D eigenvalue weighted by atomic mass is 35.5. The Morgan fingerprint density at radius 2 is 1.96 bits per heavy atom. The maximum atomic E-state index is 12.1. The van der Waals surface area contributed by atoms with Gasteiger partial charge in [-0.15, -0.1) is 10.2 Å². The maximum absolute atomic E-state index is 12.1.